The summed E-state index contributed by atoms with van der Waals surface area (Å²) in [6.07, 6.45) is 2.22. The summed E-state index contributed by atoms with van der Waals surface area (Å²) in [5.41, 5.74) is 0.455. The van der Waals surface area contributed by atoms with Crippen LogP contribution >= 0.6 is 0 Å². The van der Waals surface area contributed by atoms with Crippen molar-refractivity contribution in [1.29, 1.82) is 0 Å². The van der Waals surface area contributed by atoms with Gasteiger partial charge in [0, 0.05) is 25.4 Å². The summed E-state index contributed by atoms with van der Waals surface area (Å²) in [6.45, 7) is 7.16. The van der Waals surface area contributed by atoms with Crippen LogP contribution in [0.3, 0.4) is 0 Å². The smallest absolute Gasteiger partial charge is 0.339 e. The Hall–Kier alpha value is -1.62. The van der Waals surface area contributed by atoms with E-state index in [9.17, 15) is 4.79 Å². The number of ether oxygens (including phenoxy) is 1. The third-order valence-electron chi connectivity index (χ3n) is 2.73. The summed E-state index contributed by atoms with van der Waals surface area (Å²) >= 11 is 0. The third-order valence-corrected chi connectivity index (χ3v) is 2.73. The van der Waals surface area contributed by atoms with Crippen molar-refractivity contribution in [2.75, 3.05) is 24.7 Å². The molecule has 0 aromatic carbocycles. The Labute approximate surface area is 114 Å². The van der Waals surface area contributed by atoms with E-state index in [0.717, 1.165) is 12.4 Å². The molecule has 0 saturated heterocycles. The number of pyridine rings is 1. The molecule has 1 N–H and O–H groups in total. The zero-order valence-corrected chi connectivity index (χ0v) is 11.8. The molecule has 0 aliphatic rings. The van der Waals surface area contributed by atoms with Crippen LogP contribution < -0.4 is 4.90 Å². The van der Waals surface area contributed by atoms with Gasteiger partial charge < -0.3 is 14.7 Å². The van der Waals surface area contributed by atoms with Crippen LogP contribution in [0.4, 0.5) is 5.82 Å². The van der Waals surface area contributed by atoms with Crippen LogP contribution in [0, 0.1) is 0 Å². The van der Waals surface area contributed by atoms with Gasteiger partial charge in [-0.05, 0) is 39.3 Å². The maximum atomic E-state index is 11.5. The van der Waals surface area contributed by atoms with Crippen molar-refractivity contribution in [1.82, 2.24) is 4.98 Å². The van der Waals surface area contributed by atoms with Gasteiger partial charge >= 0.3 is 5.97 Å². The Morgan fingerprint density at radius 2 is 2.21 bits per heavy atom. The van der Waals surface area contributed by atoms with E-state index in [-0.39, 0.29) is 18.6 Å². The van der Waals surface area contributed by atoms with Gasteiger partial charge in [-0.2, -0.15) is 0 Å². The topological polar surface area (TPSA) is 62.7 Å². The fraction of sp³-hybridized carbons (Fsp3) is 0.571. The molecule has 0 aliphatic heterocycles. The average molecular weight is 266 g/mol. The molecule has 5 heteroatoms. The zero-order chi connectivity index (χ0) is 14.3. The van der Waals surface area contributed by atoms with Crippen LogP contribution in [0.1, 0.15) is 37.6 Å². The van der Waals surface area contributed by atoms with E-state index in [0.29, 0.717) is 18.6 Å². The summed E-state index contributed by atoms with van der Waals surface area (Å²) in [6, 6.07) is 3.81. The first-order valence-corrected chi connectivity index (χ1v) is 6.60. The zero-order valence-electron chi connectivity index (χ0n) is 11.8. The summed E-state index contributed by atoms with van der Waals surface area (Å²) < 4.78 is 4.92. The van der Waals surface area contributed by atoms with Crippen molar-refractivity contribution >= 4 is 11.8 Å². The summed E-state index contributed by atoms with van der Waals surface area (Å²) in [7, 11) is 0. The Morgan fingerprint density at radius 1 is 1.47 bits per heavy atom. The number of aromatic nitrogens is 1. The van der Waals surface area contributed by atoms with Gasteiger partial charge in [0.15, 0.2) is 0 Å². The molecule has 0 unspecified atom stereocenters. The van der Waals surface area contributed by atoms with Gasteiger partial charge in [0.1, 0.15) is 5.82 Å². The van der Waals surface area contributed by atoms with Gasteiger partial charge in [-0.15, -0.1) is 0 Å². The van der Waals surface area contributed by atoms with Crippen LogP contribution in [0.15, 0.2) is 18.3 Å². The normalized spacial score (nSPS) is 10.6. The minimum Gasteiger partial charge on any atom is -0.462 e. The molecule has 19 heavy (non-hydrogen) atoms. The second kappa shape index (κ2) is 7.74. The van der Waals surface area contributed by atoms with Gasteiger partial charge in [-0.25, -0.2) is 9.78 Å². The molecule has 0 atom stereocenters. The number of carbonyl (C=O) groups is 1. The molecule has 0 amide bonds. The predicted molar refractivity (Wildman–Crippen MR) is 74.4 cm³/mol. The SMILES string of the molecule is CCOC(=O)c1ccc(N(CCCO)C(C)C)nc1. The van der Waals surface area contributed by atoms with Gasteiger partial charge in [-0.1, -0.05) is 0 Å². The fourth-order valence-electron chi connectivity index (χ4n) is 1.77. The quantitative estimate of drug-likeness (QED) is 0.763. The molecular weight excluding hydrogens is 244 g/mol. The number of rotatable bonds is 7. The van der Waals surface area contributed by atoms with Crippen LogP contribution in [0.25, 0.3) is 0 Å². The van der Waals surface area contributed by atoms with Crippen molar-refractivity contribution < 1.29 is 14.6 Å². The van der Waals surface area contributed by atoms with Crippen molar-refractivity contribution in [3.8, 4) is 0 Å². The highest BCUT2D eigenvalue weighted by Crippen LogP contribution is 2.15. The highest BCUT2D eigenvalue weighted by atomic mass is 16.5. The number of nitrogens with zero attached hydrogens (tertiary/aromatic N) is 2. The molecule has 0 aliphatic carbocycles. The molecule has 1 aromatic rings. The molecule has 0 radical (unpaired) electrons. The second-order valence-corrected chi connectivity index (χ2v) is 4.49. The van der Waals surface area contributed by atoms with E-state index >= 15 is 0 Å². The van der Waals surface area contributed by atoms with Crippen molar-refractivity contribution in [3.05, 3.63) is 23.9 Å². The van der Waals surface area contributed by atoms with E-state index in [1.807, 2.05) is 6.07 Å². The van der Waals surface area contributed by atoms with Crippen LogP contribution in [0.2, 0.25) is 0 Å². The Kier molecular flexibility index (Phi) is 6.29. The third kappa shape index (κ3) is 4.52. The molecule has 1 aromatic heterocycles. The molecule has 0 saturated carbocycles. The maximum absolute atomic E-state index is 11.5. The lowest BCUT2D eigenvalue weighted by Crippen LogP contribution is -2.33. The minimum absolute atomic E-state index is 0.157. The van der Waals surface area contributed by atoms with Crippen LogP contribution in [0.5, 0.6) is 0 Å². The van der Waals surface area contributed by atoms with E-state index < -0.39 is 0 Å². The predicted octanol–water partition coefficient (Wildman–Crippen LogP) is 1.86. The van der Waals surface area contributed by atoms with Crippen molar-refractivity contribution in [2.24, 2.45) is 0 Å². The number of hydrogen-bond acceptors (Lipinski definition) is 5. The molecule has 0 fully saturated rings. The van der Waals surface area contributed by atoms with E-state index in [1.165, 1.54) is 6.20 Å². The van der Waals surface area contributed by atoms with E-state index in [4.69, 9.17) is 9.84 Å². The molecule has 106 valence electrons. The molecular formula is C14H22N2O3. The minimum atomic E-state index is -0.354. The number of anilines is 1. The highest BCUT2D eigenvalue weighted by molar-refractivity contribution is 5.89. The number of aliphatic hydroxyl groups is 1. The molecule has 0 spiro atoms. The molecule has 1 rings (SSSR count). The van der Waals surface area contributed by atoms with Crippen LogP contribution in [-0.4, -0.2) is 41.9 Å². The van der Waals surface area contributed by atoms with E-state index in [2.05, 4.69) is 23.7 Å². The van der Waals surface area contributed by atoms with Crippen LogP contribution in [-0.2, 0) is 4.74 Å². The molecule has 1 heterocycles. The Balaban J connectivity index is 2.80. The van der Waals surface area contributed by atoms with Gasteiger partial charge in [0.05, 0.1) is 12.2 Å². The van der Waals surface area contributed by atoms with Gasteiger partial charge in [-0.3, -0.25) is 0 Å². The Bertz CT molecular complexity index is 390. The summed E-state index contributed by atoms with van der Waals surface area (Å²) in [5, 5.41) is 8.91. The largest absolute Gasteiger partial charge is 0.462 e. The molecule has 0 bridgehead atoms. The average Bonchev–Trinajstić information content (AvgIpc) is 2.40. The first kappa shape index (κ1) is 15.4. The van der Waals surface area contributed by atoms with Crippen molar-refractivity contribution in [2.45, 2.75) is 33.2 Å². The number of aliphatic hydroxyl groups excluding tert-OH is 1. The maximum Gasteiger partial charge on any atom is 0.339 e. The first-order valence-electron chi connectivity index (χ1n) is 6.60. The highest BCUT2D eigenvalue weighted by Gasteiger charge is 2.13. The number of esters is 1. The summed E-state index contributed by atoms with van der Waals surface area (Å²) in [4.78, 5) is 17.9. The number of carbonyl (C=O) groups excluding carboxylic acids is 1. The van der Waals surface area contributed by atoms with Gasteiger partial charge in [0.2, 0.25) is 0 Å². The van der Waals surface area contributed by atoms with Gasteiger partial charge in [0.25, 0.3) is 0 Å². The lowest BCUT2D eigenvalue weighted by atomic mass is 10.2. The Morgan fingerprint density at radius 3 is 2.68 bits per heavy atom. The molecule has 5 nitrogen and oxygen atoms in total. The lowest BCUT2D eigenvalue weighted by Gasteiger charge is -2.27. The monoisotopic (exact) mass is 266 g/mol. The lowest BCUT2D eigenvalue weighted by molar-refractivity contribution is 0.0526. The summed E-state index contributed by atoms with van der Waals surface area (Å²) in [5.74, 6) is 0.449. The number of hydrogen-bond donors (Lipinski definition) is 1. The fourth-order valence-corrected chi connectivity index (χ4v) is 1.77. The van der Waals surface area contributed by atoms with E-state index in [1.54, 1.807) is 13.0 Å². The second-order valence-electron chi connectivity index (χ2n) is 4.49. The van der Waals surface area contributed by atoms with Crippen molar-refractivity contribution in [3.63, 3.8) is 0 Å². The standard InChI is InChI=1S/C14H22N2O3/c1-4-19-14(18)12-6-7-13(15-10-12)16(11(2)3)8-5-9-17/h6-7,10-11,17H,4-5,8-9H2,1-3H3. The first-order chi connectivity index (χ1) is 9.10.